The van der Waals surface area contributed by atoms with Crippen molar-refractivity contribution in [2.75, 3.05) is 24.7 Å². The van der Waals surface area contributed by atoms with E-state index in [-0.39, 0.29) is 0 Å². The van der Waals surface area contributed by atoms with Crippen molar-refractivity contribution in [1.29, 1.82) is 0 Å². The summed E-state index contributed by atoms with van der Waals surface area (Å²) in [6.07, 6.45) is 0. The third-order valence-corrected chi connectivity index (χ3v) is 2.22. The Kier molecular flexibility index (Phi) is 2.39. The molecule has 3 heteroatoms. The van der Waals surface area contributed by atoms with E-state index in [4.69, 9.17) is 5.73 Å². The van der Waals surface area contributed by atoms with Crippen molar-refractivity contribution in [3.05, 3.63) is 22.7 Å². The van der Waals surface area contributed by atoms with E-state index in [1.54, 1.807) is 0 Å². The number of rotatable bonds is 1. The van der Waals surface area contributed by atoms with Crippen LogP contribution in [0, 0.1) is 0 Å². The normalized spacial score (nSPS) is 9.73. The Morgan fingerprint density at radius 3 is 2.45 bits per heavy atom. The minimum Gasteiger partial charge on any atom is -0.398 e. The molecular weight excluding hydrogens is 204 g/mol. The Bertz CT molecular complexity index is 258. The van der Waals surface area contributed by atoms with Crippen molar-refractivity contribution in [2.45, 2.75) is 0 Å². The Balaban J connectivity index is 3.05. The van der Waals surface area contributed by atoms with E-state index in [0.29, 0.717) is 0 Å². The largest absolute Gasteiger partial charge is 0.398 e. The molecule has 2 N–H and O–H groups in total. The lowest BCUT2D eigenvalue weighted by atomic mass is 10.3. The number of nitrogen functional groups attached to an aromatic ring is 1. The van der Waals surface area contributed by atoms with Crippen LogP contribution in [0.3, 0.4) is 0 Å². The number of benzene rings is 1. The van der Waals surface area contributed by atoms with Gasteiger partial charge < -0.3 is 10.6 Å². The maximum atomic E-state index is 5.68. The molecule has 60 valence electrons. The summed E-state index contributed by atoms with van der Waals surface area (Å²) >= 11 is 3.33. The third kappa shape index (κ3) is 1.87. The molecular formula is C8H11BrN2. The molecule has 0 aliphatic rings. The van der Waals surface area contributed by atoms with E-state index in [1.165, 1.54) is 0 Å². The van der Waals surface area contributed by atoms with Crippen LogP contribution in [-0.4, -0.2) is 14.1 Å². The van der Waals surface area contributed by atoms with E-state index in [1.807, 2.05) is 37.2 Å². The van der Waals surface area contributed by atoms with Crippen LogP contribution in [0.5, 0.6) is 0 Å². The van der Waals surface area contributed by atoms with Crippen LogP contribution in [0.15, 0.2) is 22.7 Å². The van der Waals surface area contributed by atoms with Gasteiger partial charge in [-0.05, 0) is 34.1 Å². The van der Waals surface area contributed by atoms with E-state index in [0.717, 1.165) is 15.8 Å². The molecule has 1 aromatic rings. The summed E-state index contributed by atoms with van der Waals surface area (Å²) < 4.78 is 0.947. The Morgan fingerprint density at radius 2 is 2.00 bits per heavy atom. The highest BCUT2D eigenvalue weighted by Crippen LogP contribution is 2.23. The monoisotopic (exact) mass is 214 g/mol. The van der Waals surface area contributed by atoms with Gasteiger partial charge in [-0.3, -0.25) is 0 Å². The Morgan fingerprint density at radius 1 is 1.36 bits per heavy atom. The van der Waals surface area contributed by atoms with Crippen LogP contribution in [0.2, 0.25) is 0 Å². The fraction of sp³-hybridized carbons (Fsp3) is 0.250. The predicted octanol–water partition coefficient (Wildman–Crippen LogP) is 2.10. The highest BCUT2D eigenvalue weighted by atomic mass is 79.9. The average molecular weight is 215 g/mol. The van der Waals surface area contributed by atoms with Gasteiger partial charge in [0, 0.05) is 29.9 Å². The SMILES string of the molecule is CN(C)c1ccc(Br)c(N)c1. The molecule has 11 heavy (non-hydrogen) atoms. The summed E-state index contributed by atoms with van der Waals surface area (Å²) in [7, 11) is 3.98. The lowest BCUT2D eigenvalue weighted by molar-refractivity contribution is 1.13. The molecule has 0 aromatic heterocycles. The van der Waals surface area contributed by atoms with Crippen molar-refractivity contribution in [3.8, 4) is 0 Å². The van der Waals surface area contributed by atoms with Crippen LogP contribution < -0.4 is 10.6 Å². The van der Waals surface area contributed by atoms with Gasteiger partial charge in [0.25, 0.3) is 0 Å². The van der Waals surface area contributed by atoms with Crippen LogP contribution in [0.4, 0.5) is 11.4 Å². The molecule has 0 radical (unpaired) electrons. The van der Waals surface area contributed by atoms with Gasteiger partial charge in [-0.2, -0.15) is 0 Å². The first-order valence-electron chi connectivity index (χ1n) is 3.33. The number of hydrogen-bond donors (Lipinski definition) is 1. The minimum atomic E-state index is 0.774. The molecule has 0 saturated heterocycles. The Labute approximate surface area is 75.1 Å². The average Bonchev–Trinajstić information content (AvgIpc) is 1.94. The molecule has 0 atom stereocenters. The molecule has 0 amide bonds. The lowest BCUT2D eigenvalue weighted by Gasteiger charge is -2.12. The van der Waals surface area contributed by atoms with Crippen molar-refractivity contribution >= 4 is 27.3 Å². The smallest absolute Gasteiger partial charge is 0.0479 e. The third-order valence-electron chi connectivity index (χ3n) is 1.50. The minimum absolute atomic E-state index is 0.774. The zero-order valence-corrected chi connectivity index (χ0v) is 8.22. The summed E-state index contributed by atoms with van der Waals surface area (Å²) in [5.74, 6) is 0. The summed E-state index contributed by atoms with van der Waals surface area (Å²) in [6, 6.07) is 5.90. The van der Waals surface area contributed by atoms with Gasteiger partial charge in [-0.25, -0.2) is 0 Å². The summed E-state index contributed by atoms with van der Waals surface area (Å²) in [5.41, 5.74) is 7.58. The van der Waals surface area contributed by atoms with Gasteiger partial charge in [-0.1, -0.05) is 0 Å². The topological polar surface area (TPSA) is 29.3 Å². The molecule has 1 aromatic carbocycles. The van der Waals surface area contributed by atoms with Crippen LogP contribution in [0.1, 0.15) is 0 Å². The van der Waals surface area contributed by atoms with Gasteiger partial charge in [0.2, 0.25) is 0 Å². The summed E-state index contributed by atoms with van der Waals surface area (Å²) in [6.45, 7) is 0. The fourth-order valence-electron chi connectivity index (χ4n) is 0.809. The lowest BCUT2D eigenvalue weighted by Crippen LogP contribution is -2.08. The maximum absolute atomic E-state index is 5.68. The molecule has 0 aliphatic heterocycles. The van der Waals surface area contributed by atoms with Crippen LogP contribution >= 0.6 is 15.9 Å². The van der Waals surface area contributed by atoms with Gasteiger partial charge in [-0.15, -0.1) is 0 Å². The van der Waals surface area contributed by atoms with Crippen LogP contribution in [-0.2, 0) is 0 Å². The van der Waals surface area contributed by atoms with E-state index >= 15 is 0 Å². The Hall–Kier alpha value is -0.700. The number of halogens is 1. The standard InChI is InChI=1S/C8H11BrN2/c1-11(2)6-3-4-7(9)8(10)5-6/h3-5H,10H2,1-2H3. The second kappa shape index (κ2) is 3.13. The molecule has 0 saturated carbocycles. The second-order valence-electron chi connectivity index (χ2n) is 2.60. The molecule has 0 fully saturated rings. The van der Waals surface area contributed by atoms with Gasteiger partial charge in [0.05, 0.1) is 0 Å². The van der Waals surface area contributed by atoms with Crippen LogP contribution in [0.25, 0.3) is 0 Å². The van der Waals surface area contributed by atoms with Crippen molar-refractivity contribution in [1.82, 2.24) is 0 Å². The highest BCUT2D eigenvalue weighted by Gasteiger charge is 1.97. The summed E-state index contributed by atoms with van der Waals surface area (Å²) in [4.78, 5) is 2.02. The molecule has 1 rings (SSSR count). The fourth-order valence-corrected chi connectivity index (χ4v) is 1.06. The number of nitrogens with zero attached hydrogens (tertiary/aromatic N) is 1. The van der Waals surface area contributed by atoms with E-state index in [9.17, 15) is 0 Å². The molecule has 0 bridgehead atoms. The first-order chi connectivity index (χ1) is 5.11. The predicted molar refractivity (Wildman–Crippen MR) is 52.9 cm³/mol. The number of anilines is 2. The molecule has 2 nitrogen and oxygen atoms in total. The first-order valence-corrected chi connectivity index (χ1v) is 4.13. The zero-order valence-electron chi connectivity index (χ0n) is 6.63. The van der Waals surface area contributed by atoms with Crippen molar-refractivity contribution in [2.24, 2.45) is 0 Å². The van der Waals surface area contributed by atoms with E-state index < -0.39 is 0 Å². The molecule has 0 spiro atoms. The number of hydrogen-bond acceptors (Lipinski definition) is 2. The maximum Gasteiger partial charge on any atom is 0.0479 e. The summed E-state index contributed by atoms with van der Waals surface area (Å²) in [5, 5.41) is 0. The number of nitrogens with two attached hydrogens (primary N) is 1. The molecule has 0 unspecified atom stereocenters. The van der Waals surface area contributed by atoms with E-state index in [2.05, 4.69) is 15.9 Å². The molecule has 0 heterocycles. The quantitative estimate of drug-likeness (QED) is 0.727. The van der Waals surface area contributed by atoms with Gasteiger partial charge in [0.15, 0.2) is 0 Å². The first kappa shape index (κ1) is 8.40. The van der Waals surface area contributed by atoms with Gasteiger partial charge in [0.1, 0.15) is 0 Å². The van der Waals surface area contributed by atoms with Gasteiger partial charge >= 0.3 is 0 Å². The second-order valence-corrected chi connectivity index (χ2v) is 3.45. The molecule has 0 aliphatic carbocycles. The van der Waals surface area contributed by atoms with Crippen molar-refractivity contribution < 1.29 is 0 Å². The van der Waals surface area contributed by atoms with Crippen molar-refractivity contribution in [3.63, 3.8) is 0 Å². The zero-order chi connectivity index (χ0) is 8.43. The highest BCUT2D eigenvalue weighted by molar-refractivity contribution is 9.10.